The highest BCUT2D eigenvalue weighted by atomic mass is 32.2. The number of benzene rings is 1. The second-order valence-electron chi connectivity index (χ2n) is 3.16. The van der Waals surface area contributed by atoms with Crippen molar-refractivity contribution in [2.24, 2.45) is 0 Å². The molecular formula is C10H11NO2S. The van der Waals surface area contributed by atoms with Gasteiger partial charge in [-0.3, -0.25) is 0 Å². The van der Waals surface area contributed by atoms with E-state index in [1.807, 2.05) is 6.07 Å². The minimum atomic E-state index is -3.24. The summed E-state index contributed by atoms with van der Waals surface area (Å²) in [6, 6.07) is 8.62. The predicted octanol–water partition coefficient (Wildman–Crippen LogP) is 1.72. The first-order valence-corrected chi connectivity index (χ1v) is 6.04. The molecule has 0 saturated carbocycles. The lowest BCUT2D eigenvalue weighted by Crippen LogP contribution is -2.03. The molecule has 1 aromatic carbocycles. The number of hydrogen-bond acceptors (Lipinski definition) is 3. The van der Waals surface area contributed by atoms with E-state index in [0.29, 0.717) is 5.56 Å². The molecule has 1 aromatic rings. The minimum absolute atomic E-state index is 0.244. The van der Waals surface area contributed by atoms with Crippen molar-refractivity contribution in [3.8, 4) is 6.07 Å². The molecule has 0 aliphatic heterocycles. The van der Waals surface area contributed by atoms with Gasteiger partial charge in [0.05, 0.1) is 16.9 Å². The number of nitriles is 1. The first kappa shape index (κ1) is 10.7. The van der Waals surface area contributed by atoms with Gasteiger partial charge in [0.2, 0.25) is 0 Å². The molecule has 0 saturated heterocycles. The number of sulfone groups is 1. The van der Waals surface area contributed by atoms with Crippen LogP contribution in [0.1, 0.15) is 18.4 Å². The van der Waals surface area contributed by atoms with Gasteiger partial charge < -0.3 is 0 Å². The molecule has 0 amide bonds. The van der Waals surface area contributed by atoms with Crippen LogP contribution in [-0.4, -0.2) is 14.7 Å². The first-order chi connectivity index (χ1) is 6.46. The zero-order valence-corrected chi connectivity index (χ0v) is 8.88. The van der Waals surface area contributed by atoms with E-state index in [1.165, 1.54) is 6.07 Å². The summed E-state index contributed by atoms with van der Waals surface area (Å²) in [4.78, 5) is 0.244. The van der Waals surface area contributed by atoms with Crippen LogP contribution < -0.4 is 0 Å². The van der Waals surface area contributed by atoms with E-state index in [1.54, 1.807) is 25.1 Å². The van der Waals surface area contributed by atoms with Gasteiger partial charge in [0.1, 0.15) is 0 Å². The maximum absolute atomic E-state index is 11.4. The Morgan fingerprint density at radius 3 is 2.43 bits per heavy atom. The maximum atomic E-state index is 11.4. The Balaban J connectivity index is 3.40. The lowest BCUT2D eigenvalue weighted by atomic mass is 10.0. The third-order valence-electron chi connectivity index (χ3n) is 1.98. The number of hydrogen-bond donors (Lipinski definition) is 0. The fraction of sp³-hybridized carbons (Fsp3) is 0.300. The fourth-order valence-electron chi connectivity index (χ4n) is 1.25. The van der Waals surface area contributed by atoms with Crippen LogP contribution in [0.3, 0.4) is 0 Å². The van der Waals surface area contributed by atoms with Crippen LogP contribution in [0.15, 0.2) is 29.2 Å². The highest BCUT2D eigenvalue weighted by molar-refractivity contribution is 7.90. The monoisotopic (exact) mass is 209 g/mol. The largest absolute Gasteiger partial charge is 0.224 e. The molecule has 4 heteroatoms. The van der Waals surface area contributed by atoms with Gasteiger partial charge in [0.25, 0.3) is 0 Å². The summed E-state index contributed by atoms with van der Waals surface area (Å²) in [5, 5.41) is 8.73. The average molecular weight is 209 g/mol. The Morgan fingerprint density at radius 2 is 1.93 bits per heavy atom. The molecule has 3 nitrogen and oxygen atoms in total. The smallest absolute Gasteiger partial charge is 0.175 e. The topological polar surface area (TPSA) is 57.9 Å². The van der Waals surface area contributed by atoms with Crippen LogP contribution in [0.2, 0.25) is 0 Å². The SMILES string of the molecule is CC(C#N)c1ccccc1S(C)(=O)=O. The molecule has 14 heavy (non-hydrogen) atoms. The molecular weight excluding hydrogens is 198 g/mol. The molecule has 0 fully saturated rings. The summed E-state index contributed by atoms with van der Waals surface area (Å²) < 4.78 is 22.7. The van der Waals surface area contributed by atoms with Gasteiger partial charge in [0, 0.05) is 6.26 Å². The lowest BCUT2D eigenvalue weighted by molar-refractivity contribution is 0.600. The standard InChI is InChI=1S/C10H11NO2S/c1-8(7-11)9-5-3-4-6-10(9)14(2,12)13/h3-6,8H,1-2H3. The average Bonchev–Trinajstić information content (AvgIpc) is 2.15. The van der Waals surface area contributed by atoms with Gasteiger partial charge in [-0.15, -0.1) is 0 Å². The van der Waals surface area contributed by atoms with E-state index < -0.39 is 15.8 Å². The zero-order valence-electron chi connectivity index (χ0n) is 8.06. The summed E-state index contributed by atoms with van der Waals surface area (Å²) in [5.74, 6) is -0.402. The van der Waals surface area contributed by atoms with Crippen LogP contribution in [0.5, 0.6) is 0 Å². The van der Waals surface area contributed by atoms with Crippen molar-refractivity contribution >= 4 is 9.84 Å². The molecule has 0 bridgehead atoms. The van der Waals surface area contributed by atoms with Gasteiger partial charge >= 0.3 is 0 Å². The third-order valence-corrected chi connectivity index (χ3v) is 3.15. The van der Waals surface area contributed by atoms with Crippen molar-refractivity contribution in [1.82, 2.24) is 0 Å². The van der Waals surface area contributed by atoms with Crippen LogP contribution in [0, 0.1) is 11.3 Å². The van der Waals surface area contributed by atoms with Crippen molar-refractivity contribution < 1.29 is 8.42 Å². The van der Waals surface area contributed by atoms with Gasteiger partial charge in [0.15, 0.2) is 9.84 Å². The quantitative estimate of drug-likeness (QED) is 0.745. The molecule has 0 N–H and O–H groups in total. The van der Waals surface area contributed by atoms with Gasteiger partial charge in [-0.1, -0.05) is 18.2 Å². The van der Waals surface area contributed by atoms with E-state index in [-0.39, 0.29) is 4.90 Å². The van der Waals surface area contributed by atoms with Crippen molar-refractivity contribution in [1.29, 1.82) is 5.26 Å². The van der Waals surface area contributed by atoms with E-state index in [4.69, 9.17) is 5.26 Å². The van der Waals surface area contributed by atoms with Crippen molar-refractivity contribution in [3.05, 3.63) is 29.8 Å². The molecule has 0 aromatic heterocycles. The third kappa shape index (κ3) is 2.12. The van der Waals surface area contributed by atoms with Crippen molar-refractivity contribution in [3.63, 3.8) is 0 Å². The van der Waals surface area contributed by atoms with Crippen LogP contribution >= 0.6 is 0 Å². The summed E-state index contributed by atoms with van der Waals surface area (Å²) in [5.41, 5.74) is 0.567. The molecule has 0 aliphatic rings. The number of rotatable bonds is 2. The molecule has 0 aliphatic carbocycles. The Hall–Kier alpha value is -1.34. The molecule has 74 valence electrons. The van der Waals surface area contributed by atoms with E-state index in [2.05, 4.69) is 0 Å². The van der Waals surface area contributed by atoms with E-state index in [9.17, 15) is 8.42 Å². The summed E-state index contributed by atoms with van der Waals surface area (Å²) in [6.07, 6.45) is 1.15. The summed E-state index contributed by atoms with van der Waals surface area (Å²) in [6.45, 7) is 1.68. The molecule has 1 atom stereocenters. The first-order valence-electron chi connectivity index (χ1n) is 4.15. The molecule has 0 heterocycles. The van der Waals surface area contributed by atoms with Gasteiger partial charge in [-0.2, -0.15) is 5.26 Å². The maximum Gasteiger partial charge on any atom is 0.175 e. The molecule has 0 spiro atoms. The Bertz CT molecular complexity index is 471. The number of nitrogens with zero attached hydrogens (tertiary/aromatic N) is 1. The van der Waals surface area contributed by atoms with E-state index in [0.717, 1.165) is 6.26 Å². The highest BCUT2D eigenvalue weighted by Gasteiger charge is 2.16. The molecule has 1 rings (SSSR count). The Labute approximate surface area is 83.9 Å². The van der Waals surface area contributed by atoms with Crippen LogP contribution in [-0.2, 0) is 9.84 Å². The summed E-state index contributed by atoms with van der Waals surface area (Å²) >= 11 is 0. The second kappa shape index (κ2) is 3.81. The molecule has 0 radical (unpaired) electrons. The van der Waals surface area contributed by atoms with Gasteiger partial charge in [-0.25, -0.2) is 8.42 Å². The van der Waals surface area contributed by atoms with Gasteiger partial charge in [-0.05, 0) is 18.6 Å². The zero-order chi connectivity index (χ0) is 10.8. The minimum Gasteiger partial charge on any atom is -0.224 e. The van der Waals surface area contributed by atoms with Crippen molar-refractivity contribution in [2.45, 2.75) is 17.7 Å². The van der Waals surface area contributed by atoms with E-state index >= 15 is 0 Å². The normalized spacial score (nSPS) is 13.2. The summed E-state index contributed by atoms with van der Waals surface area (Å²) in [7, 11) is -3.24. The van der Waals surface area contributed by atoms with Crippen LogP contribution in [0.25, 0.3) is 0 Å². The lowest BCUT2D eigenvalue weighted by Gasteiger charge is -2.08. The molecule has 1 unspecified atom stereocenters. The second-order valence-corrected chi connectivity index (χ2v) is 5.14. The van der Waals surface area contributed by atoms with Crippen molar-refractivity contribution in [2.75, 3.05) is 6.26 Å². The van der Waals surface area contributed by atoms with Crippen LogP contribution in [0.4, 0.5) is 0 Å². The Kier molecular flexibility index (Phi) is 2.92. The Morgan fingerprint density at radius 1 is 1.36 bits per heavy atom. The predicted molar refractivity (Wildman–Crippen MR) is 53.6 cm³/mol. The fourth-order valence-corrected chi connectivity index (χ4v) is 2.24. The highest BCUT2D eigenvalue weighted by Crippen LogP contribution is 2.22.